The fourth-order valence-corrected chi connectivity index (χ4v) is 1.31. The Morgan fingerprint density at radius 2 is 1.89 bits per heavy atom. The third kappa shape index (κ3) is 4.63. The molecule has 4 nitrogen and oxygen atoms in total. The Balaban J connectivity index is 0.00000289. The molecule has 0 spiro atoms. The number of carbonyl (C=O) groups is 2. The van der Waals surface area contributed by atoms with E-state index >= 15 is 0 Å². The summed E-state index contributed by atoms with van der Waals surface area (Å²) in [7, 11) is 1.05. The number of rotatable bonds is 3. The van der Waals surface area contributed by atoms with Crippen LogP contribution < -0.4 is 34.7 Å². The summed E-state index contributed by atoms with van der Waals surface area (Å²) in [5, 5.41) is 12.0. The molecule has 0 aliphatic carbocycles. The second-order valence-electron chi connectivity index (χ2n) is 2.99. The van der Waals surface area contributed by atoms with Crippen LogP contribution >= 0.6 is 23.2 Å². The minimum absolute atomic E-state index is 0. The normalized spacial score (nSPS) is 10.5. The number of carbonyl (C=O) groups excluding carboxylic acids is 2. The molecule has 0 aromatic heterocycles. The molecule has 0 heterocycles. The SMILES string of the molecule is COC(=O)C(=O)/C=C(/[O-])c1ccc(Cl)c(Cl)c1.[Na+]. The Morgan fingerprint density at radius 3 is 2.39 bits per heavy atom. The second kappa shape index (κ2) is 7.81. The predicted octanol–water partition coefficient (Wildman–Crippen LogP) is -1.56. The average molecular weight is 297 g/mol. The third-order valence-corrected chi connectivity index (χ3v) is 2.59. The van der Waals surface area contributed by atoms with Crippen molar-refractivity contribution in [2.45, 2.75) is 0 Å². The summed E-state index contributed by atoms with van der Waals surface area (Å²) in [6.45, 7) is 0. The van der Waals surface area contributed by atoms with Gasteiger partial charge >= 0.3 is 35.5 Å². The molecule has 0 N–H and O–H groups in total. The van der Waals surface area contributed by atoms with Gasteiger partial charge in [0.05, 0.1) is 17.2 Å². The average Bonchev–Trinajstić information content (AvgIpc) is 2.31. The quantitative estimate of drug-likeness (QED) is 0.222. The first-order valence-corrected chi connectivity index (χ1v) is 5.17. The minimum Gasteiger partial charge on any atom is -0.872 e. The number of esters is 1. The van der Waals surface area contributed by atoms with Gasteiger partial charge in [-0.05, 0) is 23.8 Å². The summed E-state index contributed by atoms with van der Waals surface area (Å²) in [6.07, 6.45) is 0.644. The molecule has 1 rings (SSSR count). The van der Waals surface area contributed by atoms with E-state index < -0.39 is 17.5 Å². The smallest absolute Gasteiger partial charge is 0.872 e. The molecule has 0 unspecified atom stereocenters. The van der Waals surface area contributed by atoms with Crippen molar-refractivity contribution < 1.29 is 49.0 Å². The molecular formula is C11H7Cl2NaO4. The van der Waals surface area contributed by atoms with E-state index in [9.17, 15) is 14.7 Å². The first kappa shape index (κ1) is 17.5. The van der Waals surface area contributed by atoms with E-state index in [1.165, 1.54) is 18.2 Å². The van der Waals surface area contributed by atoms with Crippen molar-refractivity contribution in [3.05, 3.63) is 39.9 Å². The molecule has 0 aliphatic heterocycles. The minimum atomic E-state index is -1.10. The largest absolute Gasteiger partial charge is 1.00 e. The third-order valence-electron chi connectivity index (χ3n) is 1.85. The van der Waals surface area contributed by atoms with Gasteiger partial charge in [0.2, 0.25) is 0 Å². The molecule has 18 heavy (non-hydrogen) atoms. The monoisotopic (exact) mass is 296 g/mol. The summed E-state index contributed by atoms with van der Waals surface area (Å²) < 4.78 is 4.17. The summed E-state index contributed by atoms with van der Waals surface area (Å²) in [5.41, 5.74) is 0.164. The van der Waals surface area contributed by atoms with E-state index in [1.807, 2.05) is 0 Å². The van der Waals surface area contributed by atoms with Crippen LogP contribution in [0.2, 0.25) is 10.0 Å². The van der Waals surface area contributed by atoms with Gasteiger partial charge in [0.15, 0.2) is 0 Å². The van der Waals surface area contributed by atoms with Crippen molar-refractivity contribution in [3.63, 3.8) is 0 Å². The van der Waals surface area contributed by atoms with Crippen molar-refractivity contribution >= 4 is 40.7 Å². The second-order valence-corrected chi connectivity index (χ2v) is 3.81. The zero-order valence-corrected chi connectivity index (χ0v) is 13.2. The summed E-state index contributed by atoms with van der Waals surface area (Å²) in [5.74, 6) is -2.76. The number of ketones is 1. The Hall–Kier alpha value is -0.520. The predicted molar refractivity (Wildman–Crippen MR) is 61.5 cm³/mol. The molecule has 1 aromatic rings. The van der Waals surface area contributed by atoms with Crippen molar-refractivity contribution in [3.8, 4) is 0 Å². The number of hydrogen-bond acceptors (Lipinski definition) is 4. The number of hydrogen-bond donors (Lipinski definition) is 0. The zero-order chi connectivity index (χ0) is 13.0. The first-order chi connectivity index (χ1) is 7.95. The van der Waals surface area contributed by atoms with E-state index in [0.29, 0.717) is 11.1 Å². The summed E-state index contributed by atoms with van der Waals surface area (Å²) in [6, 6.07) is 4.14. The number of benzene rings is 1. The Bertz CT molecular complexity index is 500. The molecule has 0 fully saturated rings. The van der Waals surface area contributed by atoms with Gasteiger partial charge in [-0.2, -0.15) is 0 Å². The van der Waals surface area contributed by atoms with Gasteiger partial charge in [-0.15, -0.1) is 0 Å². The molecule has 0 atom stereocenters. The maximum atomic E-state index is 11.6. The van der Waals surface area contributed by atoms with E-state index in [2.05, 4.69) is 4.74 Å². The Labute approximate surface area is 136 Å². The molecule has 0 aliphatic rings. The molecule has 1 aromatic carbocycles. The van der Waals surface area contributed by atoms with Crippen molar-refractivity contribution in [1.82, 2.24) is 0 Å². The van der Waals surface area contributed by atoms with Gasteiger partial charge in [-0.1, -0.05) is 35.0 Å². The van der Waals surface area contributed by atoms with Gasteiger partial charge in [-0.25, -0.2) is 4.79 Å². The molecule has 7 heteroatoms. The molecule has 0 radical (unpaired) electrons. The summed E-state index contributed by atoms with van der Waals surface area (Å²) in [4.78, 5) is 21.9. The topological polar surface area (TPSA) is 66.4 Å². The van der Waals surface area contributed by atoms with Crippen LogP contribution in [-0.4, -0.2) is 18.9 Å². The van der Waals surface area contributed by atoms with Gasteiger partial charge in [0.1, 0.15) is 0 Å². The van der Waals surface area contributed by atoms with Crippen LogP contribution in [-0.2, 0) is 14.3 Å². The number of halogens is 2. The van der Waals surface area contributed by atoms with Crippen LogP contribution in [0.25, 0.3) is 5.76 Å². The van der Waals surface area contributed by atoms with Gasteiger partial charge < -0.3 is 9.84 Å². The van der Waals surface area contributed by atoms with Crippen molar-refractivity contribution in [2.24, 2.45) is 0 Å². The van der Waals surface area contributed by atoms with E-state index in [0.717, 1.165) is 7.11 Å². The van der Waals surface area contributed by atoms with E-state index in [-0.39, 0.29) is 40.1 Å². The number of methoxy groups -OCH3 is 1. The molecule has 0 saturated heterocycles. The van der Waals surface area contributed by atoms with E-state index in [4.69, 9.17) is 23.2 Å². The fraction of sp³-hybridized carbons (Fsp3) is 0.0909. The van der Waals surface area contributed by atoms with Crippen LogP contribution in [0, 0.1) is 0 Å². The fourth-order valence-electron chi connectivity index (χ4n) is 1.01. The Morgan fingerprint density at radius 1 is 1.28 bits per heavy atom. The van der Waals surface area contributed by atoms with Crippen LogP contribution in [0.4, 0.5) is 0 Å². The van der Waals surface area contributed by atoms with Crippen LogP contribution in [0.5, 0.6) is 0 Å². The number of ether oxygens (including phenoxy) is 1. The van der Waals surface area contributed by atoms with Crippen LogP contribution in [0.15, 0.2) is 24.3 Å². The molecule has 0 saturated carbocycles. The maximum Gasteiger partial charge on any atom is 1.00 e. The first-order valence-electron chi connectivity index (χ1n) is 4.42. The van der Waals surface area contributed by atoms with Crippen molar-refractivity contribution in [2.75, 3.05) is 7.11 Å². The van der Waals surface area contributed by atoms with Crippen molar-refractivity contribution in [1.29, 1.82) is 0 Å². The van der Waals surface area contributed by atoms with Gasteiger partial charge in [-0.3, -0.25) is 4.79 Å². The van der Waals surface area contributed by atoms with E-state index in [1.54, 1.807) is 0 Å². The molecule has 90 valence electrons. The standard InChI is InChI=1S/C11H8Cl2O4.Na/c1-17-11(16)10(15)5-9(14)6-2-3-7(12)8(13)4-6;/h2-5,14H,1H3;/q;+1/p-1/b9-5+;. The van der Waals surface area contributed by atoms with Gasteiger partial charge in [0, 0.05) is 0 Å². The maximum absolute atomic E-state index is 11.6. The molecule has 0 amide bonds. The van der Waals surface area contributed by atoms with Crippen LogP contribution in [0.3, 0.4) is 0 Å². The van der Waals surface area contributed by atoms with Crippen LogP contribution in [0.1, 0.15) is 5.56 Å². The molecule has 0 bridgehead atoms. The summed E-state index contributed by atoms with van der Waals surface area (Å²) >= 11 is 11.4. The zero-order valence-electron chi connectivity index (χ0n) is 9.70. The Kier molecular flexibility index (Phi) is 7.59. The van der Waals surface area contributed by atoms with Gasteiger partial charge in [0.25, 0.3) is 5.78 Å². The molecular weight excluding hydrogens is 290 g/mol.